The van der Waals surface area contributed by atoms with Crippen LogP contribution in [0.1, 0.15) is 38.8 Å². The lowest BCUT2D eigenvalue weighted by molar-refractivity contribution is -0.117. The van der Waals surface area contributed by atoms with E-state index in [9.17, 15) is 9.59 Å². The third kappa shape index (κ3) is 4.18. The van der Waals surface area contributed by atoms with Gasteiger partial charge in [-0.2, -0.15) is 0 Å². The molecule has 0 unspecified atom stereocenters. The molecule has 1 aromatic heterocycles. The standard InChI is InChI=1S/C22H20ClN3O2S/c1-12-7-6-10-17(23)18(12)25-21(28)19-13(2)24-22(29-19)26-20(27)16-11-15(16)14-8-4-3-5-9-14/h3-10,15-16H,11H2,1-2H3,(H,25,28)(H,24,26,27)/t15-,16+/m0/s1. The van der Waals surface area contributed by atoms with E-state index in [1.54, 1.807) is 13.0 Å². The predicted octanol–water partition coefficient (Wildman–Crippen LogP) is 5.41. The number of hydrogen-bond acceptors (Lipinski definition) is 4. The van der Waals surface area contributed by atoms with Crippen LogP contribution in [0.3, 0.4) is 0 Å². The SMILES string of the molecule is Cc1cccc(Cl)c1NC(=O)c1sc(NC(=O)[C@@H]2C[C@H]2c2ccccc2)nc1C. The molecule has 148 valence electrons. The van der Waals surface area contributed by atoms with Crippen molar-refractivity contribution in [2.45, 2.75) is 26.2 Å². The summed E-state index contributed by atoms with van der Waals surface area (Å²) in [6.45, 7) is 3.63. The molecule has 2 aromatic carbocycles. The highest BCUT2D eigenvalue weighted by Gasteiger charge is 2.44. The van der Waals surface area contributed by atoms with Gasteiger partial charge in [0.25, 0.3) is 5.91 Å². The number of halogens is 1. The van der Waals surface area contributed by atoms with Crippen molar-refractivity contribution in [2.75, 3.05) is 10.6 Å². The summed E-state index contributed by atoms with van der Waals surface area (Å²) in [5, 5.41) is 6.64. The number of aromatic nitrogens is 1. The number of carbonyl (C=O) groups excluding carboxylic acids is 2. The second-order valence-electron chi connectivity index (χ2n) is 7.17. The molecule has 29 heavy (non-hydrogen) atoms. The van der Waals surface area contributed by atoms with Crippen LogP contribution < -0.4 is 10.6 Å². The second kappa shape index (κ2) is 7.97. The fourth-order valence-electron chi connectivity index (χ4n) is 3.37. The first-order valence-electron chi connectivity index (χ1n) is 9.33. The maximum Gasteiger partial charge on any atom is 0.267 e. The van der Waals surface area contributed by atoms with E-state index in [1.165, 1.54) is 16.9 Å². The lowest BCUT2D eigenvalue weighted by atomic mass is 10.1. The van der Waals surface area contributed by atoms with E-state index in [0.29, 0.717) is 26.4 Å². The van der Waals surface area contributed by atoms with Crippen molar-refractivity contribution >= 4 is 45.6 Å². The van der Waals surface area contributed by atoms with E-state index in [2.05, 4.69) is 15.6 Å². The molecule has 4 rings (SSSR count). The molecule has 0 spiro atoms. The van der Waals surface area contributed by atoms with Gasteiger partial charge in [-0.15, -0.1) is 0 Å². The zero-order valence-electron chi connectivity index (χ0n) is 16.0. The van der Waals surface area contributed by atoms with Crippen LogP contribution in [0.25, 0.3) is 0 Å². The van der Waals surface area contributed by atoms with Crippen molar-refractivity contribution < 1.29 is 9.59 Å². The largest absolute Gasteiger partial charge is 0.320 e. The molecule has 2 N–H and O–H groups in total. The first kappa shape index (κ1) is 19.6. The van der Waals surface area contributed by atoms with Crippen LogP contribution in [0.15, 0.2) is 48.5 Å². The third-order valence-electron chi connectivity index (χ3n) is 5.05. The molecule has 2 atom stereocenters. The fourth-order valence-corrected chi connectivity index (χ4v) is 4.51. The Balaban J connectivity index is 1.43. The smallest absolute Gasteiger partial charge is 0.267 e. The Bertz CT molecular complexity index is 1060. The summed E-state index contributed by atoms with van der Waals surface area (Å²) in [4.78, 5) is 30.1. The number of benzene rings is 2. The van der Waals surface area contributed by atoms with Crippen LogP contribution in [0.5, 0.6) is 0 Å². The van der Waals surface area contributed by atoms with Gasteiger partial charge < -0.3 is 10.6 Å². The maximum absolute atomic E-state index is 12.7. The number of amides is 2. The van der Waals surface area contributed by atoms with E-state index >= 15 is 0 Å². The number of para-hydroxylation sites is 1. The summed E-state index contributed by atoms with van der Waals surface area (Å²) >= 11 is 7.37. The van der Waals surface area contributed by atoms with Gasteiger partial charge in [-0.1, -0.05) is 65.4 Å². The van der Waals surface area contributed by atoms with Gasteiger partial charge in [0.1, 0.15) is 4.88 Å². The van der Waals surface area contributed by atoms with Crippen molar-refractivity contribution in [3.8, 4) is 0 Å². The topological polar surface area (TPSA) is 71.1 Å². The first-order chi connectivity index (χ1) is 13.9. The minimum Gasteiger partial charge on any atom is -0.320 e. The van der Waals surface area contributed by atoms with E-state index < -0.39 is 0 Å². The number of hydrogen-bond donors (Lipinski definition) is 2. The Morgan fingerprint density at radius 2 is 1.83 bits per heavy atom. The maximum atomic E-state index is 12.7. The number of thiazole rings is 1. The van der Waals surface area contributed by atoms with Gasteiger partial charge in [-0.05, 0) is 43.4 Å². The average Bonchev–Trinajstić information content (AvgIpc) is 3.43. The van der Waals surface area contributed by atoms with E-state index in [0.717, 1.165) is 12.0 Å². The zero-order chi connectivity index (χ0) is 20.5. The minimum absolute atomic E-state index is 0.0512. The van der Waals surface area contributed by atoms with Crippen LogP contribution in [0.4, 0.5) is 10.8 Å². The van der Waals surface area contributed by atoms with Crippen molar-refractivity contribution in [1.29, 1.82) is 0 Å². The number of aryl methyl sites for hydroxylation is 2. The van der Waals surface area contributed by atoms with Crippen LogP contribution in [-0.4, -0.2) is 16.8 Å². The monoisotopic (exact) mass is 425 g/mol. The Morgan fingerprint density at radius 1 is 1.07 bits per heavy atom. The lowest BCUT2D eigenvalue weighted by Gasteiger charge is -2.09. The molecule has 0 saturated heterocycles. The molecule has 5 nitrogen and oxygen atoms in total. The molecule has 1 fully saturated rings. The number of nitrogens with zero attached hydrogens (tertiary/aromatic N) is 1. The van der Waals surface area contributed by atoms with Gasteiger partial charge >= 0.3 is 0 Å². The molecule has 1 saturated carbocycles. The lowest BCUT2D eigenvalue weighted by Crippen LogP contribution is -2.14. The van der Waals surface area contributed by atoms with Gasteiger partial charge in [0, 0.05) is 5.92 Å². The van der Waals surface area contributed by atoms with E-state index in [1.807, 2.05) is 49.4 Å². The van der Waals surface area contributed by atoms with Crippen molar-refractivity contribution in [2.24, 2.45) is 5.92 Å². The summed E-state index contributed by atoms with van der Waals surface area (Å²) in [6.07, 6.45) is 0.833. The summed E-state index contributed by atoms with van der Waals surface area (Å²) in [7, 11) is 0. The quantitative estimate of drug-likeness (QED) is 0.574. The fraction of sp³-hybridized carbons (Fsp3) is 0.227. The average molecular weight is 426 g/mol. The van der Waals surface area contributed by atoms with Crippen LogP contribution >= 0.6 is 22.9 Å². The molecular weight excluding hydrogens is 406 g/mol. The Hall–Kier alpha value is -2.70. The van der Waals surface area contributed by atoms with Crippen LogP contribution in [0, 0.1) is 19.8 Å². The Kier molecular flexibility index (Phi) is 5.39. The van der Waals surface area contributed by atoms with Crippen LogP contribution in [-0.2, 0) is 4.79 Å². The Morgan fingerprint density at radius 3 is 2.55 bits per heavy atom. The van der Waals surface area contributed by atoms with Crippen molar-refractivity contribution in [3.63, 3.8) is 0 Å². The molecule has 7 heteroatoms. The van der Waals surface area contributed by atoms with Gasteiger partial charge in [0.2, 0.25) is 5.91 Å². The van der Waals surface area contributed by atoms with Gasteiger partial charge in [0.15, 0.2) is 5.13 Å². The van der Waals surface area contributed by atoms with Crippen molar-refractivity contribution in [1.82, 2.24) is 4.98 Å². The zero-order valence-corrected chi connectivity index (χ0v) is 17.6. The number of nitrogens with one attached hydrogen (secondary N) is 2. The third-order valence-corrected chi connectivity index (χ3v) is 6.43. The van der Waals surface area contributed by atoms with Gasteiger partial charge in [-0.3, -0.25) is 9.59 Å². The second-order valence-corrected chi connectivity index (χ2v) is 8.57. The molecule has 2 amide bonds. The summed E-state index contributed by atoms with van der Waals surface area (Å²) in [5.74, 6) is -0.139. The molecule has 0 bridgehead atoms. The highest BCUT2D eigenvalue weighted by molar-refractivity contribution is 7.17. The minimum atomic E-state index is -0.287. The van der Waals surface area contributed by atoms with Gasteiger partial charge in [0.05, 0.1) is 16.4 Å². The molecule has 1 aliphatic rings. The summed E-state index contributed by atoms with van der Waals surface area (Å²) < 4.78 is 0. The number of rotatable bonds is 5. The van der Waals surface area contributed by atoms with E-state index in [4.69, 9.17) is 11.6 Å². The molecular formula is C22H20ClN3O2S. The highest BCUT2D eigenvalue weighted by Crippen LogP contribution is 2.48. The van der Waals surface area contributed by atoms with Crippen LogP contribution in [0.2, 0.25) is 5.02 Å². The molecule has 0 radical (unpaired) electrons. The number of carbonyl (C=O) groups is 2. The molecule has 0 aliphatic heterocycles. The predicted molar refractivity (Wildman–Crippen MR) is 117 cm³/mol. The van der Waals surface area contributed by atoms with Crippen molar-refractivity contribution in [3.05, 3.63) is 75.3 Å². The summed E-state index contributed by atoms with van der Waals surface area (Å²) in [5.41, 5.74) is 3.21. The normalized spacial score (nSPS) is 17.6. The number of anilines is 2. The van der Waals surface area contributed by atoms with Gasteiger partial charge in [-0.25, -0.2) is 4.98 Å². The Labute approximate surface area is 178 Å². The highest BCUT2D eigenvalue weighted by atomic mass is 35.5. The summed E-state index contributed by atoms with van der Waals surface area (Å²) in [6, 6.07) is 15.5. The molecule has 3 aromatic rings. The molecule has 1 aliphatic carbocycles. The van der Waals surface area contributed by atoms with E-state index in [-0.39, 0.29) is 23.7 Å². The molecule has 1 heterocycles. The first-order valence-corrected chi connectivity index (χ1v) is 10.5.